The number of amides is 1. The predicted molar refractivity (Wildman–Crippen MR) is 97.7 cm³/mol. The first-order chi connectivity index (χ1) is 10.5. The molecule has 23 heavy (non-hydrogen) atoms. The summed E-state index contributed by atoms with van der Waals surface area (Å²) >= 11 is 0. The topological polar surface area (TPSA) is 55.1 Å². The van der Waals surface area contributed by atoms with Crippen LogP contribution in [0, 0.1) is 13.8 Å². The maximum Gasteiger partial charge on any atom is 0.222 e. The van der Waals surface area contributed by atoms with Crippen molar-refractivity contribution in [1.29, 1.82) is 0 Å². The molecule has 2 rings (SSSR count). The van der Waals surface area contributed by atoms with Gasteiger partial charge in [-0.05, 0) is 43.0 Å². The lowest BCUT2D eigenvalue weighted by atomic mass is 9.98. The van der Waals surface area contributed by atoms with Crippen LogP contribution >= 0.6 is 12.4 Å². The number of halogens is 1. The molecule has 0 saturated heterocycles. The molecule has 2 aromatic carbocycles. The number of hydrogen-bond acceptors (Lipinski definition) is 2. The van der Waals surface area contributed by atoms with Crippen LogP contribution in [-0.2, 0) is 4.79 Å². The molecule has 0 bridgehead atoms. The van der Waals surface area contributed by atoms with Crippen molar-refractivity contribution in [2.75, 3.05) is 0 Å². The Labute approximate surface area is 144 Å². The summed E-state index contributed by atoms with van der Waals surface area (Å²) in [6.07, 6.45) is 0.291. The zero-order valence-electron chi connectivity index (χ0n) is 13.9. The van der Waals surface area contributed by atoms with Crippen LogP contribution in [0.1, 0.15) is 47.7 Å². The summed E-state index contributed by atoms with van der Waals surface area (Å²) in [7, 11) is 0. The van der Waals surface area contributed by atoms with Crippen LogP contribution in [0.25, 0.3) is 0 Å². The van der Waals surface area contributed by atoms with E-state index in [1.807, 2.05) is 43.3 Å². The van der Waals surface area contributed by atoms with Gasteiger partial charge in [-0.2, -0.15) is 0 Å². The number of benzene rings is 2. The Bertz CT molecular complexity index is 643. The van der Waals surface area contributed by atoms with Crippen molar-refractivity contribution >= 4 is 18.3 Å². The van der Waals surface area contributed by atoms with Gasteiger partial charge >= 0.3 is 0 Å². The van der Waals surface area contributed by atoms with Crippen LogP contribution in [0.2, 0.25) is 0 Å². The second-order valence-electron chi connectivity index (χ2n) is 5.80. The third-order valence-electron chi connectivity index (χ3n) is 4.12. The van der Waals surface area contributed by atoms with E-state index >= 15 is 0 Å². The molecule has 0 radical (unpaired) electrons. The van der Waals surface area contributed by atoms with Gasteiger partial charge < -0.3 is 11.1 Å². The molecule has 0 spiro atoms. The van der Waals surface area contributed by atoms with E-state index in [2.05, 4.69) is 31.3 Å². The van der Waals surface area contributed by atoms with Crippen molar-refractivity contribution in [3.8, 4) is 0 Å². The lowest BCUT2D eigenvalue weighted by molar-refractivity contribution is -0.122. The van der Waals surface area contributed by atoms with Crippen molar-refractivity contribution < 1.29 is 4.79 Å². The maximum absolute atomic E-state index is 12.2. The molecule has 0 aromatic heterocycles. The molecule has 2 atom stereocenters. The average Bonchev–Trinajstić information content (AvgIpc) is 2.50. The predicted octanol–water partition coefficient (Wildman–Crippen LogP) is 3.99. The molecule has 2 aromatic rings. The Morgan fingerprint density at radius 2 is 1.74 bits per heavy atom. The molecular weight excluding hydrogens is 308 g/mol. The molecular formula is C19H25ClN2O. The number of aryl methyl sites for hydroxylation is 1. The van der Waals surface area contributed by atoms with Gasteiger partial charge in [-0.25, -0.2) is 0 Å². The number of carbonyl (C=O) groups is 1. The normalized spacial score (nSPS) is 12.9. The molecule has 0 aliphatic rings. The largest absolute Gasteiger partial charge is 0.350 e. The summed E-state index contributed by atoms with van der Waals surface area (Å²) < 4.78 is 0. The number of hydrogen-bond donors (Lipinski definition) is 2. The van der Waals surface area contributed by atoms with E-state index in [0.717, 1.165) is 11.1 Å². The summed E-state index contributed by atoms with van der Waals surface area (Å²) in [5.41, 5.74) is 10.7. The molecule has 3 nitrogen and oxygen atoms in total. The van der Waals surface area contributed by atoms with E-state index in [0.29, 0.717) is 6.42 Å². The summed E-state index contributed by atoms with van der Waals surface area (Å²) in [6.45, 7) is 6.18. The monoisotopic (exact) mass is 332 g/mol. The molecule has 0 fully saturated rings. The summed E-state index contributed by atoms with van der Waals surface area (Å²) in [6, 6.07) is 15.6. The molecule has 0 aliphatic heterocycles. The molecule has 4 heteroatoms. The average molecular weight is 333 g/mol. The quantitative estimate of drug-likeness (QED) is 0.869. The molecule has 1 amide bonds. The van der Waals surface area contributed by atoms with E-state index in [1.165, 1.54) is 11.1 Å². The third kappa shape index (κ3) is 5.08. The minimum atomic E-state index is -0.271. The minimum Gasteiger partial charge on any atom is -0.350 e. The van der Waals surface area contributed by atoms with E-state index in [-0.39, 0.29) is 30.4 Å². The van der Waals surface area contributed by atoms with Gasteiger partial charge in [0.15, 0.2) is 0 Å². The van der Waals surface area contributed by atoms with Gasteiger partial charge in [-0.15, -0.1) is 12.4 Å². The Morgan fingerprint density at radius 3 is 2.39 bits per heavy atom. The molecule has 124 valence electrons. The fourth-order valence-electron chi connectivity index (χ4n) is 2.64. The van der Waals surface area contributed by atoms with Crippen LogP contribution in [0.5, 0.6) is 0 Å². The Balaban J connectivity index is 0.00000264. The second-order valence-corrected chi connectivity index (χ2v) is 5.80. The van der Waals surface area contributed by atoms with E-state index in [9.17, 15) is 4.79 Å². The van der Waals surface area contributed by atoms with Crippen molar-refractivity contribution in [3.63, 3.8) is 0 Å². The zero-order chi connectivity index (χ0) is 16.1. The van der Waals surface area contributed by atoms with Gasteiger partial charge in [0, 0.05) is 12.5 Å². The van der Waals surface area contributed by atoms with Gasteiger partial charge in [0.1, 0.15) is 0 Å². The Kier molecular flexibility index (Phi) is 7.27. The number of rotatable bonds is 5. The minimum absolute atomic E-state index is 0. The lowest BCUT2D eigenvalue weighted by Crippen LogP contribution is -2.30. The first-order valence-corrected chi connectivity index (χ1v) is 7.65. The highest BCUT2D eigenvalue weighted by Gasteiger charge is 2.15. The zero-order valence-corrected chi connectivity index (χ0v) is 14.7. The number of nitrogens with one attached hydrogen (secondary N) is 1. The van der Waals surface area contributed by atoms with Gasteiger partial charge in [0.25, 0.3) is 0 Å². The molecule has 0 saturated carbocycles. The molecule has 2 unspecified atom stereocenters. The SMILES string of the molecule is Cc1cccc(C(C)NC(=O)CC(N)c2ccccc2)c1C.Cl. The maximum atomic E-state index is 12.2. The van der Waals surface area contributed by atoms with E-state index in [4.69, 9.17) is 5.73 Å². The summed E-state index contributed by atoms with van der Waals surface area (Å²) in [4.78, 5) is 12.2. The van der Waals surface area contributed by atoms with Crippen molar-refractivity contribution in [3.05, 3.63) is 70.8 Å². The summed E-state index contributed by atoms with van der Waals surface area (Å²) in [5, 5.41) is 3.05. The fraction of sp³-hybridized carbons (Fsp3) is 0.316. The van der Waals surface area contributed by atoms with Crippen LogP contribution in [-0.4, -0.2) is 5.91 Å². The number of carbonyl (C=O) groups excluding carboxylic acids is 1. The fourth-order valence-corrected chi connectivity index (χ4v) is 2.64. The van der Waals surface area contributed by atoms with Crippen LogP contribution in [0.4, 0.5) is 0 Å². The standard InChI is InChI=1S/C19H24N2O.ClH/c1-13-8-7-11-17(14(13)2)15(3)21-19(22)12-18(20)16-9-5-4-6-10-16;/h4-11,15,18H,12,20H2,1-3H3,(H,21,22);1H. The smallest absolute Gasteiger partial charge is 0.222 e. The van der Waals surface area contributed by atoms with Crippen LogP contribution in [0.3, 0.4) is 0 Å². The van der Waals surface area contributed by atoms with Crippen LogP contribution in [0.15, 0.2) is 48.5 Å². The van der Waals surface area contributed by atoms with Crippen molar-refractivity contribution in [2.24, 2.45) is 5.73 Å². The van der Waals surface area contributed by atoms with Gasteiger partial charge in [-0.1, -0.05) is 48.5 Å². The second kappa shape index (κ2) is 8.70. The van der Waals surface area contributed by atoms with E-state index in [1.54, 1.807) is 0 Å². The first-order valence-electron chi connectivity index (χ1n) is 7.65. The van der Waals surface area contributed by atoms with Crippen molar-refractivity contribution in [2.45, 2.75) is 39.3 Å². The van der Waals surface area contributed by atoms with Gasteiger partial charge in [0.05, 0.1) is 6.04 Å². The first kappa shape index (κ1) is 19.2. The highest BCUT2D eigenvalue weighted by molar-refractivity contribution is 5.85. The Hall–Kier alpha value is -1.84. The Morgan fingerprint density at radius 1 is 1.09 bits per heavy atom. The highest BCUT2D eigenvalue weighted by atomic mass is 35.5. The number of nitrogens with two attached hydrogens (primary N) is 1. The van der Waals surface area contributed by atoms with Gasteiger partial charge in [-0.3, -0.25) is 4.79 Å². The van der Waals surface area contributed by atoms with E-state index < -0.39 is 0 Å². The summed E-state index contributed by atoms with van der Waals surface area (Å²) in [5.74, 6) is -0.0234. The van der Waals surface area contributed by atoms with Gasteiger partial charge in [0.2, 0.25) is 5.91 Å². The highest BCUT2D eigenvalue weighted by Crippen LogP contribution is 2.21. The molecule has 0 heterocycles. The molecule has 0 aliphatic carbocycles. The lowest BCUT2D eigenvalue weighted by Gasteiger charge is -2.19. The van der Waals surface area contributed by atoms with Crippen molar-refractivity contribution in [1.82, 2.24) is 5.32 Å². The van der Waals surface area contributed by atoms with Crippen LogP contribution < -0.4 is 11.1 Å². The third-order valence-corrected chi connectivity index (χ3v) is 4.12. The molecule has 3 N–H and O–H groups in total.